The van der Waals surface area contributed by atoms with Crippen LogP contribution in [0.25, 0.3) is 0 Å². The molecule has 1 aliphatic heterocycles. The van der Waals surface area contributed by atoms with E-state index in [0.29, 0.717) is 24.5 Å². The number of carbonyl (C=O) groups excluding carboxylic acids is 2. The lowest BCUT2D eigenvalue weighted by molar-refractivity contribution is -0.131. The van der Waals surface area contributed by atoms with Gasteiger partial charge in [0, 0.05) is 41.2 Å². The molecule has 2 amide bonds. The number of alkyl carbamates (subject to hydrolysis) is 1. The molecule has 1 saturated heterocycles. The number of hydrogen-bond acceptors (Lipinski definition) is 4. The van der Waals surface area contributed by atoms with E-state index in [2.05, 4.69) is 5.32 Å². The standard InChI is InChI=1S/C19H27ClN2O3S/c1-19(2,3)25-18(24)21-15-8-11-22(12-9-15)17(23)10-13-26-16-6-4-14(20)5-7-16/h4-7,15H,8-13H2,1-3H3,(H,21,24). The summed E-state index contributed by atoms with van der Waals surface area (Å²) in [5.41, 5.74) is -0.498. The number of nitrogens with one attached hydrogen (secondary N) is 1. The number of piperidine rings is 1. The molecule has 1 aromatic carbocycles. The van der Waals surface area contributed by atoms with Crippen LogP contribution in [0.2, 0.25) is 5.02 Å². The van der Waals surface area contributed by atoms with Gasteiger partial charge in [-0.15, -0.1) is 11.8 Å². The number of benzene rings is 1. The van der Waals surface area contributed by atoms with E-state index in [1.807, 2.05) is 49.9 Å². The monoisotopic (exact) mass is 398 g/mol. The molecule has 7 heteroatoms. The zero-order valence-corrected chi connectivity index (χ0v) is 17.2. The number of nitrogens with zero attached hydrogens (tertiary/aromatic N) is 1. The molecular weight excluding hydrogens is 372 g/mol. The zero-order chi connectivity index (χ0) is 19.2. The van der Waals surface area contributed by atoms with Crippen molar-refractivity contribution in [1.29, 1.82) is 0 Å². The van der Waals surface area contributed by atoms with Crippen LogP contribution in [0.1, 0.15) is 40.0 Å². The summed E-state index contributed by atoms with van der Waals surface area (Å²) in [7, 11) is 0. The minimum atomic E-state index is -0.498. The van der Waals surface area contributed by atoms with Crippen molar-refractivity contribution < 1.29 is 14.3 Å². The number of thioether (sulfide) groups is 1. The molecule has 0 unspecified atom stereocenters. The third-order valence-corrected chi connectivity index (χ3v) is 5.23. The van der Waals surface area contributed by atoms with Crippen molar-refractivity contribution in [2.45, 2.75) is 56.6 Å². The van der Waals surface area contributed by atoms with E-state index in [4.69, 9.17) is 16.3 Å². The topological polar surface area (TPSA) is 58.6 Å². The van der Waals surface area contributed by atoms with Crippen molar-refractivity contribution >= 4 is 35.4 Å². The molecular formula is C19H27ClN2O3S. The van der Waals surface area contributed by atoms with E-state index < -0.39 is 5.60 Å². The fourth-order valence-corrected chi connectivity index (χ4v) is 3.66. The lowest BCUT2D eigenvalue weighted by Crippen LogP contribution is -2.47. The number of halogens is 1. The van der Waals surface area contributed by atoms with Gasteiger partial charge in [-0.2, -0.15) is 0 Å². The van der Waals surface area contributed by atoms with Gasteiger partial charge >= 0.3 is 6.09 Å². The maximum atomic E-state index is 12.3. The molecule has 0 atom stereocenters. The lowest BCUT2D eigenvalue weighted by Gasteiger charge is -2.33. The summed E-state index contributed by atoms with van der Waals surface area (Å²) in [5, 5.41) is 3.61. The Kier molecular flexibility index (Phi) is 7.65. The highest BCUT2D eigenvalue weighted by Crippen LogP contribution is 2.22. The Labute approximate surface area is 164 Å². The number of amides is 2. The van der Waals surface area contributed by atoms with Gasteiger partial charge in [0.15, 0.2) is 0 Å². The van der Waals surface area contributed by atoms with Crippen LogP contribution in [-0.4, -0.2) is 47.4 Å². The highest BCUT2D eigenvalue weighted by atomic mass is 35.5. The normalized spacial score (nSPS) is 15.6. The molecule has 0 aliphatic carbocycles. The number of carbonyl (C=O) groups is 2. The first-order valence-electron chi connectivity index (χ1n) is 8.88. The van der Waals surface area contributed by atoms with Crippen molar-refractivity contribution in [2.24, 2.45) is 0 Å². The Morgan fingerprint density at radius 3 is 2.42 bits per heavy atom. The van der Waals surface area contributed by atoms with Gasteiger partial charge in [-0.25, -0.2) is 4.79 Å². The fraction of sp³-hybridized carbons (Fsp3) is 0.579. The molecule has 0 bridgehead atoms. The molecule has 1 fully saturated rings. The molecule has 1 aliphatic rings. The van der Waals surface area contributed by atoms with Crippen LogP contribution < -0.4 is 5.32 Å². The van der Waals surface area contributed by atoms with Crippen molar-refractivity contribution in [3.63, 3.8) is 0 Å². The Hall–Kier alpha value is -1.40. The van der Waals surface area contributed by atoms with Crippen LogP contribution in [0.5, 0.6) is 0 Å². The van der Waals surface area contributed by atoms with Crippen molar-refractivity contribution in [3.8, 4) is 0 Å². The van der Waals surface area contributed by atoms with Crippen molar-refractivity contribution in [2.75, 3.05) is 18.8 Å². The highest BCUT2D eigenvalue weighted by molar-refractivity contribution is 7.99. The molecule has 1 N–H and O–H groups in total. The van der Waals surface area contributed by atoms with Gasteiger partial charge in [0.2, 0.25) is 5.91 Å². The summed E-state index contributed by atoms with van der Waals surface area (Å²) in [6, 6.07) is 7.70. The maximum Gasteiger partial charge on any atom is 0.407 e. The van der Waals surface area contributed by atoms with Gasteiger partial charge in [-0.3, -0.25) is 4.79 Å². The van der Waals surface area contributed by atoms with E-state index >= 15 is 0 Å². The predicted octanol–water partition coefficient (Wildman–Crippen LogP) is 4.34. The van der Waals surface area contributed by atoms with Crippen LogP contribution in [0.3, 0.4) is 0 Å². The third-order valence-electron chi connectivity index (χ3n) is 3.97. The summed E-state index contributed by atoms with van der Waals surface area (Å²) in [5.74, 6) is 0.915. The third kappa shape index (κ3) is 7.46. The molecule has 1 heterocycles. The molecule has 26 heavy (non-hydrogen) atoms. The van der Waals surface area contributed by atoms with Crippen LogP contribution in [0.15, 0.2) is 29.2 Å². The largest absolute Gasteiger partial charge is 0.444 e. The van der Waals surface area contributed by atoms with Gasteiger partial charge in [-0.1, -0.05) is 11.6 Å². The van der Waals surface area contributed by atoms with E-state index in [1.54, 1.807) is 11.8 Å². The van der Waals surface area contributed by atoms with Crippen LogP contribution in [0, 0.1) is 0 Å². The minimum absolute atomic E-state index is 0.0670. The summed E-state index contributed by atoms with van der Waals surface area (Å²) >= 11 is 7.52. The van der Waals surface area contributed by atoms with Gasteiger partial charge in [0.1, 0.15) is 5.60 Å². The number of ether oxygens (including phenoxy) is 1. The average molecular weight is 399 g/mol. The summed E-state index contributed by atoms with van der Waals surface area (Å²) < 4.78 is 5.28. The number of rotatable bonds is 5. The van der Waals surface area contributed by atoms with E-state index in [0.717, 1.165) is 23.5 Å². The van der Waals surface area contributed by atoms with Crippen LogP contribution in [0.4, 0.5) is 4.79 Å². The molecule has 0 radical (unpaired) electrons. The average Bonchev–Trinajstić information content (AvgIpc) is 2.55. The van der Waals surface area contributed by atoms with Gasteiger partial charge in [0.05, 0.1) is 0 Å². The van der Waals surface area contributed by atoms with Crippen molar-refractivity contribution in [3.05, 3.63) is 29.3 Å². The second-order valence-corrected chi connectivity index (χ2v) is 8.96. The zero-order valence-electron chi connectivity index (χ0n) is 15.6. The second-order valence-electron chi connectivity index (χ2n) is 7.35. The van der Waals surface area contributed by atoms with Crippen LogP contribution in [-0.2, 0) is 9.53 Å². The SMILES string of the molecule is CC(C)(C)OC(=O)NC1CCN(C(=O)CCSc2ccc(Cl)cc2)CC1. The number of hydrogen-bond donors (Lipinski definition) is 1. The summed E-state index contributed by atoms with van der Waals surface area (Å²) in [6.45, 7) is 6.87. The second kappa shape index (κ2) is 9.51. The molecule has 0 aromatic heterocycles. The molecule has 0 saturated carbocycles. The van der Waals surface area contributed by atoms with Crippen molar-refractivity contribution in [1.82, 2.24) is 10.2 Å². The number of likely N-dealkylation sites (tertiary alicyclic amines) is 1. The lowest BCUT2D eigenvalue weighted by atomic mass is 10.1. The molecule has 144 valence electrons. The van der Waals surface area contributed by atoms with E-state index in [1.165, 1.54) is 0 Å². The smallest absolute Gasteiger partial charge is 0.407 e. The van der Waals surface area contributed by atoms with E-state index in [-0.39, 0.29) is 18.0 Å². The first kappa shape index (κ1) is 20.9. The first-order chi connectivity index (χ1) is 12.2. The Morgan fingerprint density at radius 2 is 1.85 bits per heavy atom. The molecule has 1 aromatic rings. The Bertz CT molecular complexity index is 608. The van der Waals surface area contributed by atoms with Crippen LogP contribution >= 0.6 is 23.4 Å². The predicted molar refractivity (Wildman–Crippen MR) is 106 cm³/mol. The Balaban J connectivity index is 1.66. The van der Waals surface area contributed by atoms with Gasteiger partial charge in [-0.05, 0) is 57.9 Å². The fourth-order valence-electron chi connectivity index (χ4n) is 2.69. The highest BCUT2D eigenvalue weighted by Gasteiger charge is 2.25. The maximum absolute atomic E-state index is 12.3. The summed E-state index contributed by atoms with van der Waals surface area (Å²) in [6.07, 6.45) is 1.64. The summed E-state index contributed by atoms with van der Waals surface area (Å²) in [4.78, 5) is 27.2. The quantitative estimate of drug-likeness (QED) is 0.749. The van der Waals surface area contributed by atoms with Gasteiger partial charge < -0.3 is 15.0 Å². The molecule has 2 rings (SSSR count). The molecule has 0 spiro atoms. The van der Waals surface area contributed by atoms with E-state index in [9.17, 15) is 9.59 Å². The minimum Gasteiger partial charge on any atom is -0.444 e. The molecule has 5 nitrogen and oxygen atoms in total. The van der Waals surface area contributed by atoms with Gasteiger partial charge in [0.25, 0.3) is 0 Å². The Morgan fingerprint density at radius 1 is 1.23 bits per heavy atom. The first-order valence-corrected chi connectivity index (χ1v) is 10.2.